The van der Waals surface area contributed by atoms with Crippen LogP contribution >= 0.6 is 0 Å². The van der Waals surface area contributed by atoms with Crippen LogP contribution in [0.25, 0.3) is 0 Å². The molecule has 0 saturated carbocycles. The number of rotatable bonds is 3. The normalized spacial score (nSPS) is 19.1. The molecule has 1 aliphatic rings. The number of carboxylic acids is 1. The van der Waals surface area contributed by atoms with Crippen molar-refractivity contribution in [1.29, 1.82) is 0 Å². The molecule has 0 spiro atoms. The van der Waals surface area contributed by atoms with Gasteiger partial charge in [-0.2, -0.15) is 0 Å². The third kappa shape index (κ3) is 2.01. The number of hydrogen-bond acceptors (Lipinski definition) is 3. The Balaban J connectivity index is 2.33. The molecule has 0 aliphatic carbocycles. The average Bonchev–Trinajstić information content (AvgIpc) is 2.71. The Morgan fingerprint density at radius 3 is 2.83 bits per heavy atom. The lowest BCUT2D eigenvalue weighted by Gasteiger charge is -2.19. The number of halogens is 1. The van der Waals surface area contributed by atoms with Gasteiger partial charge in [0.15, 0.2) is 0 Å². The van der Waals surface area contributed by atoms with E-state index in [-0.39, 0.29) is 18.7 Å². The molecule has 0 aromatic heterocycles. The molecular weight excluding hydrogens is 241 g/mol. The molecule has 1 saturated heterocycles. The largest absolute Gasteiger partial charge is 0.494 e. The number of carbonyl (C=O) groups is 2. The maximum atomic E-state index is 13.0. The third-order valence-corrected chi connectivity index (χ3v) is 2.94. The van der Waals surface area contributed by atoms with Crippen molar-refractivity contribution in [3.8, 4) is 5.75 Å². The van der Waals surface area contributed by atoms with Gasteiger partial charge < -0.3 is 14.7 Å². The SMILES string of the molecule is COc1cc(F)ccc1N1CCC(C(=O)O)C1=O. The Morgan fingerprint density at radius 1 is 1.56 bits per heavy atom. The monoisotopic (exact) mass is 253 g/mol. The molecular formula is C12H12FNO4. The Hall–Kier alpha value is -2.11. The van der Waals surface area contributed by atoms with E-state index in [0.717, 1.165) is 6.07 Å². The number of hydrogen-bond donors (Lipinski definition) is 1. The second kappa shape index (κ2) is 4.64. The first kappa shape index (κ1) is 12.3. The molecule has 1 aliphatic heterocycles. The second-order valence-electron chi connectivity index (χ2n) is 3.99. The zero-order valence-corrected chi connectivity index (χ0v) is 9.72. The van der Waals surface area contributed by atoms with Crippen molar-refractivity contribution in [1.82, 2.24) is 0 Å². The van der Waals surface area contributed by atoms with Gasteiger partial charge >= 0.3 is 5.97 Å². The first-order chi connectivity index (χ1) is 8.54. The number of anilines is 1. The van der Waals surface area contributed by atoms with Crippen LogP contribution in [0.1, 0.15) is 6.42 Å². The molecule has 1 fully saturated rings. The van der Waals surface area contributed by atoms with Crippen LogP contribution < -0.4 is 9.64 Å². The highest BCUT2D eigenvalue weighted by Gasteiger charge is 2.38. The Bertz CT molecular complexity index is 503. The molecule has 0 bridgehead atoms. The minimum absolute atomic E-state index is 0.217. The maximum Gasteiger partial charge on any atom is 0.316 e. The summed E-state index contributed by atoms with van der Waals surface area (Å²) < 4.78 is 18.0. The summed E-state index contributed by atoms with van der Waals surface area (Å²) >= 11 is 0. The topological polar surface area (TPSA) is 66.8 Å². The molecule has 1 aromatic carbocycles. The predicted octanol–water partition coefficient (Wildman–Crippen LogP) is 1.27. The molecule has 2 rings (SSSR count). The lowest BCUT2D eigenvalue weighted by atomic mass is 10.1. The molecule has 0 radical (unpaired) electrons. The van der Waals surface area contributed by atoms with E-state index in [1.165, 1.54) is 24.1 Å². The van der Waals surface area contributed by atoms with Crippen molar-refractivity contribution in [3.05, 3.63) is 24.0 Å². The predicted molar refractivity (Wildman–Crippen MR) is 61.0 cm³/mol. The van der Waals surface area contributed by atoms with E-state index < -0.39 is 23.6 Å². The van der Waals surface area contributed by atoms with Crippen molar-refractivity contribution < 1.29 is 23.8 Å². The Kier molecular flexibility index (Phi) is 3.18. The van der Waals surface area contributed by atoms with Gasteiger partial charge in [-0.3, -0.25) is 9.59 Å². The average molecular weight is 253 g/mol. The number of amides is 1. The Morgan fingerprint density at radius 2 is 2.28 bits per heavy atom. The molecule has 6 heteroatoms. The highest BCUT2D eigenvalue weighted by molar-refractivity contribution is 6.08. The van der Waals surface area contributed by atoms with Crippen LogP contribution in [0.15, 0.2) is 18.2 Å². The minimum Gasteiger partial charge on any atom is -0.494 e. The standard InChI is InChI=1S/C12H12FNO4/c1-18-10-6-7(13)2-3-9(10)14-5-4-8(11(14)15)12(16)17/h2-3,6,8H,4-5H2,1H3,(H,16,17). The van der Waals surface area contributed by atoms with Crippen molar-refractivity contribution >= 4 is 17.6 Å². The smallest absolute Gasteiger partial charge is 0.316 e. The number of carbonyl (C=O) groups excluding carboxylic acids is 1. The lowest BCUT2D eigenvalue weighted by molar-refractivity contribution is -0.144. The zero-order chi connectivity index (χ0) is 13.3. The van der Waals surface area contributed by atoms with Gasteiger partial charge in [-0.25, -0.2) is 4.39 Å². The number of methoxy groups -OCH3 is 1. The van der Waals surface area contributed by atoms with Crippen molar-refractivity contribution in [2.75, 3.05) is 18.6 Å². The van der Waals surface area contributed by atoms with Gasteiger partial charge in [0.1, 0.15) is 17.5 Å². The van der Waals surface area contributed by atoms with Gasteiger partial charge in [0.25, 0.3) is 0 Å². The summed E-state index contributed by atoms with van der Waals surface area (Å²) in [5.41, 5.74) is 0.396. The minimum atomic E-state index is -1.14. The highest BCUT2D eigenvalue weighted by atomic mass is 19.1. The van der Waals surface area contributed by atoms with Gasteiger partial charge in [0, 0.05) is 12.6 Å². The molecule has 1 amide bonds. The van der Waals surface area contributed by atoms with E-state index in [1.807, 2.05) is 0 Å². The van der Waals surface area contributed by atoms with Gasteiger partial charge in [0.2, 0.25) is 5.91 Å². The number of ether oxygens (including phenoxy) is 1. The molecule has 1 unspecified atom stereocenters. The number of nitrogens with zero attached hydrogens (tertiary/aromatic N) is 1. The molecule has 1 atom stereocenters. The first-order valence-corrected chi connectivity index (χ1v) is 5.42. The van der Waals surface area contributed by atoms with Crippen LogP contribution in [-0.2, 0) is 9.59 Å². The van der Waals surface area contributed by atoms with Crippen LogP contribution in [0.4, 0.5) is 10.1 Å². The van der Waals surface area contributed by atoms with Gasteiger partial charge in [-0.05, 0) is 18.6 Å². The summed E-state index contributed by atoms with van der Waals surface area (Å²) in [5, 5.41) is 8.88. The molecule has 1 aromatic rings. The number of benzene rings is 1. The van der Waals surface area contributed by atoms with E-state index in [2.05, 4.69) is 0 Å². The fourth-order valence-electron chi connectivity index (χ4n) is 2.02. The summed E-state index contributed by atoms with van der Waals surface area (Å²) in [6, 6.07) is 3.78. The molecule has 96 valence electrons. The number of aliphatic carboxylic acids is 1. The fourth-order valence-corrected chi connectivity index (χ4v) is 2.02. The highest BCUT2D eigenvalue weighted by Crippen LogP contribution is 2.33. The van der Waals surface area contributed by atoms with Crippen LogP contribution in [0, 0.1) is 11.7 Å². The van der Waals surface area contributed by atoms with E-state index in [9.17, 15) is 14.0 Å². The molecule has 1 heterocycles. The van der Waals surface area contributed by atoms with Gasteiger partial charge in [-0.1, -0.05) is 0 Å². The van der Waals surface area contributed by atoms with Gasteiger partial charge in [0.05, 0.1) is 12.8 Å². The van der Waals surface area contributed by atoms with E-state index in [1.54, 1.807) is 0 Å². The zero-order valence-electron chi connectivity index (χ0n) is 9.72. The van der Waals surface area contributed by atoms with Crippen molar-refractivity contribution in [2.24, 2.45) is 5.92 Å². The van der Waals surface area contributed by atoms with E-state index >= 15 is 0 Å². The summed E-state index contributed by atoms with van der Waals surface area (Å²) in [7, 11) is 1.37. The summed E-state index contributed by atoms with van der Waals surface area (Å²) in [4.78, 5) is 24.1. The van der Waals surface area contributed by atoms with E-state index in [0.29, 0.717) is 5.69 Å². The van der Waals surface area contributed by atoms with E-state index in [4.69, 9.17) is 9.84 Å². The maximum absolute atomic E-state index is 13.0. The van der Waals surface area contributed by atoms with Crippen LogP contribution in [0.2, 0.25) is 0 Å². The molecule has 1 N–H and O–H groups in total. The molecule has 5 nitrogen and oxygen atoms in total. The number of carboxylic acid groups (broad SMARTS) is 1. The fraction of sp³-hybridized carbons (Fsp3) is 0.333. The summed E-state index contributed by atoms with van der Waals surface area (Å²) in [5.74, 6) is -2.91. The van der Waals surface area contributed by atoms with Crippen LogP contribution in [0.3, 0.4) is 0 Å². The lowest BCUT2D eigenvalue weighted by Crippen LogP contribution is -2.30. The van der Waals surface area contributed by atoms with Crippen molar-refractivity contribution in [3.63, 3.8) is 0 Å². The second-order valence-corrected chi connectivity index (χ2v) is 3.99. The third-order valence-electron chi connectivity index (χ3n) is 2.94. The van der Waals surface area contributed by atoms with Crippen LogP contribution in [0.5, 0.6) is 5.75 Å². The molecule has 18 heavy (non-hydrogen) atoms. The van der Waals surface area contributed by atoms with Crippen molar-refractivity contribution in [2.45, 2.75) is 6.42 Å². The first-order valence-electron chi connectivity index (χ1n) is 5.42. The van der Waals surface area contributed by atoms with Gasteiger partial charge in [-0.15, -0.1) is 0 Å². The summed E-state index contributed by atoms with van der Waals surface area (Å²) in [6.07, 6.45) is 0.245. The Labute approximate surface area is 103 Å². The quantitative estimate of drug-likeness (QED) is 0.824. The summed E-state index contributed by atoms with van der Waals surface area (Å²) in [6.45, 7) is 0.289. The van der Waals surface area contributed by atoms with Crippen LogP contribution in [-0.4, -0.2) is 30.6 Å².